The van der Waals surface area contributed by atoms with Crippen molar-refractivity contribution in [3.63, 3.8) is 0 Å². The average molecular weight is 305 g/mol. The molecule has 3 rings (SSSR count). The molecule has 1 aromatic rings. The van der Waals surface area contributed by atoms with Crippen LogP contribution in [0.2, 0.25) is 0 Å². The number of halogens is 1. The predicted molar refractivity (Wildman–Crippen MR) is 76.8 cm³/mol. The van der Waals surface area contributed by atoms with Crippen LogP contribution in [0.5, 0.6) is 0 Å². The lowest BCUT2D eigenvalue weighted by Crippen LogP contribution is -2.21. The normalized spacial score (nSPS) is 26.1. The van der Waals surface area contributed by atoms with Gasteiger partial charge in [-0.1, -0.05) is 28.4 Å². The Morgan fingerprint density at radius 2 is 2.00 bits per heavy atom. The van der Waals surface area contributed by atoms with Gasteiger partial charge < -0.3 is 4.90 Å². The lowest BCUT2D eigenvalue weighted by atomic mass is 10.0. The van der Waals surface area contributed by atoms with Crippen LogP contribution in [-0.2, 0) is 5.33 Å². The number of anilines is 1. The van der Waals surface area contributed by atoms with Crippen LogP contribution in [0.3, 0.4) is 0 Å². The zero-order valence-electron chi connectivity index (χ0n) is 10.4. The molecule has 2 nitrogen and oxygen atoms in total. The lowest BCUT2D eigenvalue weighted by molar-refractivity contribution is 0.494. The smallest absolute Gasteiger partial charge is 0.101 e. The minimum Gasteiger partial charge on any atom is -0.370 e. The topological polar surface area (TPSA) is 27.0 Å². The molecule has 0 aromatic heterocycles. The minimum absolute atomic E-state index is 0.813. The van der Waals surface area contributed by atoms with E-state index < -0.39 is 0 Å². The van der Waals surface area contributed by atoms with Crippen molar-refractivity contribution < 1.29 is 0 Å². The van der Waals surface area contributed by atoms with Gasteiger partial charge in [0.2, 0.25) is 0 Å². The first-order valence-electron chi connectivity index (χ1n) is 6.65. The summed E-state index contributed by atoms with van der Waals surface area (Å²) >= 11 is 3.45. The van der Waals surface area contributed by atoms with Gasteiger partial charge in [0.25, 0.3) is 0 Å². The van der Waals surface area contributed by atoms with Crippen LogP contribution in [0, 0.1) is 23.2 Å². The molecule has 1 saturated heterocycles. The van der Waals surface area contributed by atoms with Crippen molar-refractivity contribution >= 4 is 21.6 Å². The second kappa shape index (κ2) is 4.93. The highest BCUT2D eigenvalue weighted by Crippen LogP contribution is 2.40. The van der Waals surface area contributed by atoms with Crippen LogP contribution in [0.15, 0.2) is 18.2 Å². The molecular weight excluding hydrogens is 288 g/mol. The van der Waals surface area contributed by atoms with Crippen LogP contribution in [0.25, 0.3) is 0 Å². The molecule has 2 fully saturated rings. The quantitative estimate of drug-likeness (QED) is 0.779. The summed E-state index contributed by atoms with van der Waals surface area (Å²) in [5.74, 6) is 1.74. The first-order valence-corrected chi connectivity index (χ1v) is 7.78. The van der Waals surface area contributed by atoms with E-state index in [0.717, 1.165) is 41.5 Å². The second-order valence-corrected chi connectivity index (χ2v) is 6.01. The lowest BCUT2D eigenvalue weighted by Gasteiger charge is -2.21. The van der Waals surface area contributed by atoms with Crippen molar-refractivity contribution in [2.24, 2.45) is 11.8 Å². The molecule has 18 heavy (non-hydrogen) atoms. The fraction of sp³-hybridized carbons (Fsp3) is 0.533. The number of alkyl halides is 1. The van der Waals surface area contributed by atoms with E-state index in [9.17, 15) is 5.26 Å². The number of hydrogen-bond acceptors (Lipinski definition) is 2. The molecule has 0 amide bonds. The molecule has 1 heterocycles. The van der Waals surface area contributed by atoms with Gasteiger partial charge in [0.15, 0.2) is 0 Å². The summed E-state index contributed by atoms with van der Waals surface area (Å²) in [6.45, 7) is 2.29. The van der Waals surface area contributed by atoms with Crippen molar-refractivity contribution in [2.75, 3.05) is 18.0 Å². The summed E-state index contributed by atoms with van der Waals surface area (Å²) in [4.78, 5) is 2.42. The molecule has 1 aliphatic heterocycles. The summed E-state index contributed by atoms with van der Waals surface area (Å²) in [5.41, 5.74) is 3.14. The molecule has 0 bridgehead atoms. The summed E-state index contributed by atoms with van der Waals surface area (Å²) in [6.07, 6.45) is 4.15. The Hall–Kier alpha value is -1.01. The third-order valence-corrected chi connectivity index (χ3v) is 5.05. The molecular formula is C15H17BrN2. The molecule has 1 aliphatic carbocycles. The van der Waals surface area contributed by atoms with E-state index >= 15 is 0 Å². The van der Waals surface area contributed by atoms with Gasteiger partial charge in [-0.2, -0.15) is 5.26 Å². The van der Waals surface area contributed by atoms with Crippen LogP contribution in [-0.4, -0.2) is 13.1 Å². The van der Waals surface area contributed by atoms with E-state index in [2.05, 4.69) is 39.0 Å². The highest BCUT2D eigenvalue weighted by molar-refractivity contribution is 9.08. The molecule has 1 aromatic carbocycles. The number of benzene rings is 1. The molecule has 0 radical (unpaired) electrons. The third kappa shape index (κ3) is 2.03. The number of nitriles is 1. The molecule has 0 N–H and O–H groups in total. The van der Waals surface area contributed by atoms with E-state index in [1.807, 2.05) is 6.07 Å². The largest absolute Gasteiger partial charge is 0.370 e. The average Bonchev–Trinajstić information content (AvgIpc) is 2.98. The Morgan fingerprint density at radius 3 is 2.61 bits per heavy atom. The Labute approximate surface area is 117 Å². The molecule has 1 saturated carbocycles. The van der Waals surface area contributed by atoms with Gasteiger partial charge in [-0.25, -0.2) is 0 Å². The van der Waals surface area contributed by atoms with E-state index in [1.54, 1.807) is 0 Å². The Bertz CT molecular complexity index is 480. The summed E-state index contributed by atoms with van der Waals surface area (Å²) in [5, 5.41) is 10.1. The third-order valence-electron chi connectivity index (χ3n) is 4.40. The van der Waals surface area contributed by atoms with Gasteiger partial charge in [0.05, 0.1) is 11.3 Å². The molecule has 2 aliphatic rings. The first kappa shape index (κ1) is 12.0. The van der Waals surface area contributed by atoms with Crippen molar-refractivity contribution in [3.05, 3.63) is 29.3 Å². The van der Waals surface area contributed by atoms with E-state index in [-0.39, 0.29) is 0 Å². The van der Waals surface area contributed by atoms with Gasteiger partial charge in [-0.05, 0) is 42.4 Å². The zero-order valence-corrected chi connectivity index (χ0v) is 12.0. The number of hydrogen-bond donors (Lipinski definition) is 0. The number of rotatable bonds is 2. The SMILES string of the molecule is N#Cc1cc(CBr)ccc1N1CC2CCCC2C1. The number of fused-ring (bicyclic) bond motifs is 1. The van der Waals surface area contributed by atoms with Gasteiger partial charge in [0.1, 0.15) is 6.07 Å². The van der Waals surface area contributed by atoms with Crippen molar-refractivity contribution in [1.82, 2.24) is 0 Å². The van der Waals surface area contributed by atoms with Crippen molar-refractivity contribution in [3.8, 4) is 6.07 Å². The maximum Gasteiger partial charge on any atom is 0.101 e. The summed E-state index contributed by atoms with van der Waals surface area (Å²) in [7, 11) is 0. The molecule has 2 atom stereocenters. The standard InChI is InChI=1S/C15H17BrN2/c16-7-11-4-5-15(14(6-11)8-17)18-9-12-2-1-3-13(12)10-18/h4-6,12-13H,1-3,7,9-10H2. The van der Waals surface area contributed by atoms with E-state index in [4.69, 9.17) is 0 Å². The van der Waals surface area contributed by atoms with Crippen LogP contribution >= 0.6 is 15.9 Å². The Balaban J connectivity index is 1.87. The van der Waals surface area contributed by atoms with Crippen LogP contribution in [0.4, 0.5) is 5.69 Å². The molecule has 94 valence electrons. The fourth-order valence-electron chi connectivity index (χ4n) is 3.46. The maximum atomic E-state index is 9.31. The first-order chi connectivity index (χ1) is 8.81. The maximum absolute atomic E-state index is 9.31. The Kier molecular flexibility index (Phi) is 3.30. The van der Waals surface area contributed by atoms with E-state index in [0.29, 0.717) is 0 Å². The van der Waals surface area contributed by atoms with Gasteiger partial charge in [-0.15, -0.1) is 0 Å². The molecule has 0 spiro atoms. The Morgan fingerprint density at radius 1 is 1.28 bits per heavy atom. The highest BCUT2D eigenvalue weighted by atomic mass is 79.9. The van der Waals surface area contributed by atoms with Gasteiger partial charge >= 0.3 is 0 Å². The fourth-order valence-corrected chi connectivity index (χ4v) is 3.81. The van der Waals surface area contributed by atoms with E-state index in [1.165, 1.54) is 24.8 Å². The molecule has 3 heteroatoms. The predicted octanol–water partition coefficient (Wildman–Crippen LogP) is 3.69. The zero-order chi connectivity index (χ0) is 12.5. The molecule has 2 unspecified atom stereocenters. The summed E-state index contributed by atoms with van der Waals surface area (Å²) < 4.78 is 0. The highest BCUT2D eigenvalue weighted by Gasteiger charge is 2.36. The minimum atomic E-state index is 0.813. The van der Waals surface area contributed by atoms with Crippen LogP contribution in [0.1, 0.15) is 30.4 Å². The van der Waals surface area contributed by atoms with Gasteiger partial charge in [0, 0.05) is 18.4 Å². The summed E-state index contributed by atoms with van der Waals surface area (Å²) in [6, 6.07) is 8.61. The second-order valence-electron chi connectivity index (χ2n) is 5.45. The monoisotopic (exact) mass is 304 g/mol. The van der Waals surface area contributed by atoms with Crippen molar-refractivity contribution in [1.29, 1.82) is 5.26 Å². The van der Waals surface area contributed by atoms with Gasteiger partial charge in [-0.3, -0.25) is 0 Å². The van der Waals surface area contributed by atoms with Crippen molar-refractivity contribution in [2.45, 2.75) is 24.6 Å². The number of nitrogens with zero attached hydrogens (tertiary/aromatic N) is 2. The van der Waals surface area contributed by atoms with Crippen LogP contribution < -0.4 is 4.90 Å².